The van der Waals surface area contributed by atoms with Crippen LogP contribution < -0.4 is 0 Å². The maximum absolute atomic E-state index is 11.7. The van der Waals surface area contributed by atoms with Gasteiger partial charge in [0.25, 0.3) is 5.91 Å². The van der Waals surface area contributed by atoms with Gasteiger partial charge in [-0.1, -0.05) is 20.8 Å². The quantitative estimate of drug-likeness (QED) is 0.615. The molecule has 1 rings (SSSR count). The summed E-state index contributed by atoms with van der Waals surface area (Å²) in [5.74, 6) is 0.0688. The van der Waals surface area contributed by atoms with Crippen molar-refractivity contribution in [2.24, 2.45) is 5.41 Å². The van der Waals surface area contributed by atoms with Gasteiger partial charge in [0.1, 0.15) is 0 Å². The van der Waals surface area contributed by atoms with E-state index in [1.807, 2.05) is 26.8 Å². The van der Waals surface area contributed by atoms with E-state index in [0.717, 1.165) is 5.57 Å². The molecule has 0 radical (unpaired) electrons. The number of likely N-dealkylation sites (N-methyl/N-ethyl adjacent to an activating group) is 1. The van der Waals surface area contributed by atoms with Crippen LogP contribution in [0.15, 0.2) is 11.6 Å². The molecule has 0 fully saturated rings. The highest BCUT2D eigenvalue weighted by atomic mass is 16.5. The maximum Gasteiger partial charge on any atom is 0.252 e. The number of hydrogen-bond donors (Lipinski definition) is 0. The van der Waals surface area contributed by atoms with Crippen LogP contribution >= 0.6 is 0 Å². The molecule has 1 heterocycles. The lowest BCUT2D eigenvalue weighted by Gasteiger charge is -2.21. The minimum absolute atomic E-state index is 0.0688. The van der Waals surface area contributed by atoms with Gasteiger partial charge in [-0.2, -0.15) is 0 Å². The Balaban J connectivity index is 2.95. The van der Waals surface area contributed by atoms with Crippen LogP contribution in [-0.2, 0) is 9.53 Å². The summed E-state index contributed by atoms with van der Waals surface area (Å²) in [5.41, 5.74) is 0.736. The zero-order valence-electron chi connectivity index (χ0n) is 8.92. The Hall–Kier alpha value is -0.830. The number of methoxy groups -OCH3 is 1. The lowest BCUT2D eigenvalue weighted by atomic mass is 9.86. The smallest absolute Gasteiger partial charge is 0.252 e. The van der Waals surface area contributed by atoms with E-state index in [0.29, 0.717) is 0 Å². The topological polar surface area (TPSA) is 29.5 Å². The predicted octanol–water partition coefficient (Wildman–Crippen LogP) is 1.40. The van der Waals surface area contributed by atoms with Crippen molar-refractivity contribution in [1.29, 1.82) is 0 Å². The summed E-state index contributed by atoms with van der Waals surface area (Å²) in [6, 6.07) is 0. The van der Waals surface area contributed by atoms with Crippen molar-refractivity contribution in [2.45, 2.75) is 27.0 Å². The van der Waals surface area contributed by atoms with E-state index in [1.54, 1.807) is 19.1 Å². The molecule has 0 aromatic rings. The summed E-state index contributed by atoms with van der Waals surface area (Å²) in [7, 11) is 3.36. The van der Waals surface area contributed by atoms with Gasteiger partial charge in [-0.25, -0.2) is 0 Å². The van der Waals surface area contributed by atoms with Crippen LogP contribution in [0.2, 0.25) is 0 Å². The summed E-state index contributed by atoms with van der Waals surface area (Å²) < 4.78 is 5.15. The number of carbonyl (C=O) groups excluding carboxylic acids is 1. The Labute approximate surface area is 79.4 Å². The fourth-order valence-electron chi connectivity index (χ4n) is 1.43. The Morgan fingerprint density at radius 3 is 2.23 bits per heavy atom. The Morgan fingerprint density at radius 2 is 2.00 bits per heavy atom. The average Bonchev–Trinajstić information content (AvgIpc) is 2.28. The van der Waals surface area contributed by atoms with Crippen molar-refractivity contribution in [3.05, 3.63) is 11.6 Å². The zero-order valence-corrected chi connectivity index (χ0v) is 8.92. The fraction of sp³-hybridized carbons (Fsp3) is 0.700. The van der Waals surface area contributed by atoms with Crippen LogP contribution in [0, 0.1) is 5.41 Å². The maximum atomic E-state index is 11.7. The molecule has 13 heavy (non-hydrogen) atoms. The first kappa shape index (κ1) is 10.3. The van der Waals surface area contributed by atoms with Crippen molar-refractivity contribution in [3.8, 4) is 0 Å². The van der Waals surface area contributed by atoms with Crippen LogP contribution in [-0.4, -0.2) is 31.2 Å². The molecule has 74 valence electrons. The molecule has 0 aromatic carbocycles. The first-order chi connectivity index (χ1) is 5.88. The Morgan fingerprint density at radius 1 is 1.46 bits per heavy atom. The monoisotopic (exact) mass is 183 g/mol. The first-order valence-corrected chi connectivity index (χ1v) is 4.40. The number of hydrogen-bond acceptors (Lipinski definition) is 2. The fourth-order valence-corrected chi connectivity index (χ4v) is 1.43. The van der Waals surface area contributed by atoms with Gasteiger partial charge in [0.15, 0.2) is 6.23 Å². The first-order valence-electron chi connectivity index (χ1n) is 4.40. The molecule has 0 bridgehead atoms. The molecule has 0 aliphatic carbocycles. The molecular formula is C10H17NO2. The average molecular weight is 183 g/mol. The van der Waals surface area contributed by atoms with Gasteiger partial charge in [-0.15, -0.1) is 0 Å². The molecular weight excluding hydrogens is 166 g/mol. The van der Waals surface area contributed by atoms with Crippen LogP contribution in [0.1, 0.15) is 20.8 Å². The lowest BCUT2D eigenvalue weighted by molar-refractivity contribution is -0.131. The molecule has 1 unspecified atom stereocenters. The molecule has 1 aliphatic heterocycles. The molecule has 1 atom stereocenters. The second-order valence-electron chi connectivity index (χ2n) is 4.37. The van der Waals surface area contributed by atoms with E-state index in [2.05, 4.69) is 0 Å². The lowest BCUT2D eigenvalue weighted by Crippen LogP contribution is -2.32. The number of rotatable bonds is 1. The van der Waals surface area contributed by atoms with E-state index in [1.165, 1.54) is 0 Å². The predicted molar refractivity (Wildman–Crippen MR) is 51.1 cm³/mol. The molecule has 3 nitrogen and oxygen atoms in total. The van der Waals surface area contributed by atoms with Gasteiger partial charge < -0.3 is 9.64 Å². The summed E-state index contributed by atoms with van der Waals surface area (Å²) in [5, 5.41) is 0. The number of carbonyl (C=O) groups is 1. The molecule has 0 spiro atoms. The van der Waals surface area contributed by atoms with Gasteiger partial charge in [-0.3, -0.25) is 4.79 Å². The molecule has 1 aliphatic rings. The second-order valence-corrected chi connectivity index (χ2v) is 4.37. The highest BCUT2D eigenvalue weighted by Crippen LogP contribution is 2.31. The zero-order chi connectivity index (χ0) is 10.2. The largest absolute Gasteiger partial charge is 0.358 e. The molecule has 0 aromatic heterocycles. The van der Waals surface area contributed by atoms with E-state index >= 15 is 0 Å². The SMILES string of the molecule is COC1C=C(C(C)(C)C)C(=O)N1C. The van der Waals surface area contributed by atoms with Crippen molar-refractivity contribution in [2.75, 3.05) is 14.2 Å². The number of nitrogens with zero attached hydrogens (tertiary/aromatic N) is 1. The van der Waals surface area contributed by atoms with E-state index in [-0.39, 0.29) is 17.6 Å². The third kappa shape index (κ3) is 1.75. The Kier molecular flexibility index (Phi) is 2.48. The second kappa shape index (κ2) is 3.14. The molecule has 0 saturated heterocycles. The highest BCUT2D eigenvalue weighted by molar-refractivity contribution is 5.97. The van der Waals surface area contributed by atoms with Crippen LogP contribution in [0.5, 0.6) is 0 Å². The van der Waals surface area contributed by atoms with Crippen molar-refractivity contribution < 1.29 is 9.53 Å². The van der Waals surface area contributed by atoms with Crippen LogP contribution in [0.4, 0.5) is 0 Å². The summed E-state index contributed by atoms with van der Waals surface area (Å²) >= 11 is 0. The molecule has 0 saturated carbocycles. The minimum Gasteiger partial charge on any atom is -0.358 e. The van der Waals surface area contributed by atoms with E-state index in [9.17, 15) is 4.79 Å². The molecule has 0 N–H and O–H groups in total. The van der Waals surface area contributed by atoms with Gasteiger partial charge >= 0.3 is 0 Å². The van der Waals surface area contributed by atoms with Gasteiger partial charge in [0.05, 0.1) is 0 Å². The van der Waals surface area contributed by atoms with Crippen LogP contribution in [0.3, 0.4) is 0 Å². The number of amides is 1. The van der Waals surface area contributed by atoms with Crippen molar-refractivity contribution in [3.63, 3.8) is 0 Å². The van der Waals surface area contributed by atoms with E-state index < -0.39 is 0 Å². The Bertz CT molecular complexity index is 250. The van der Waals surface area contributed by atoms with Gasteiger partial charge in [0, 0.05) is 19.7 Å². The van der Waals surface area contributed by atoms with Gasteiger partial charge in [-0.05, 0) is 11.5 Å². The summed E-state index contributed by atoms with van der Waals surface area (Å²) in [4.78, 5) is 13.3. The van der Waals surface area contributed by atoms with Crippen molar-refractivity contribution >= 4 is 5.91 Å². The third-order valence-electron chi connectivity index (χ3n) is 2.29. The highest BCUT2D eigenvalue weighted by Gasteiger charge is 2.35. The van der Waals surface area contributed by atoms with Crippen LogP contribution in [0.25, 0.3) is 0 Å². The summed E-state index contributed by atoms with van der Waals surface area (Å²) in [6.45, 7) is 6.09. The van der Waals surface area contributed by atoms with E-state index in [4.69, 9.17) is 4.74 Å². The molecule has 3 heteroatoms. The third-order valence-corrected chi connectivity index (χ3v) is 2.29. The van der Waals surface area contributed by atoms with Crippen molar-refractivity contribution in [1.82, 2.24) is 4.90 Å². The standard InChI is InChI=1S/C10H17NO2/c1-10(2,3)7-6-8(13-5)11(4)9(7)12/h6,8H,1-5H3. The van der Waals surface area contributed by atoms with Gasteiger partial charge in [0.2, 0.25) is 0 Å². The normalized spacial score (nSPS) is 23.8. The summed E-state index contributed by atoms with van der Waals surface area (Å²) in [6.07, 6.45) is 1.70. The minimum atomic E-state index is -0.193. The number of ether oxygens (including phenoxy) is 1. The molecule has 1 amide bonds.